The Bertz CT molecular complexity index is 595. The van der Waals surface area contributed by atoms with Crippen LogP contribution in [-0.2, 0) is 6.42 Å². The molecular weight excluding hydrogens is 306 g/mol. The summed E-state index contributed by atoms with van der Waals surface area (Å²) in [5, 5.41) is 23.4. The minimum atomic E-state index is 0.264. The van der Waals surface area contributed by atoms with Gasteiger partial charge in [-0.1, -0.05) is 35.1 Å². The highest BCUT2D eigenvalue weighted by Gasteiger charge is 2.41. The molecule has 0 atom stereocenters. The van der Waals surface area contributed by atoms with Gasteiger partial charge in [-0.3, -0.25) is 0 Å². The largest absolute Gasteiger partial charge is 0.396 e. The molecule has 2 N–H and O–H groups in total. The lowest BCUT2D eigenvalue weighted by Crippen LogP contribution is -2.16. The van der Waals surface area contributed by atoms with Crippen LogP contribution in [0, 0.1) is 5.41 Å². The minimum Gasteiger partial charge on any atom is -0.396 e. The van der Waals surface area contributed by atoms with Crippen LogP contribution in [0.15, 0.2) is 24.3 Å². The van der Waals surface area contributed by atoms with Gasteiger partial charge in [0.2, 0.25) is 5.13 Å². The van der Waals surface area contributed by atoms with Crippen LogP contribution in [0.25, 0.3) is 0 Å². The summed E-state index contributed by atoms with van der Waals surface area (Å²) in [5.41, 5.74) is 1.47. The summed E-state index contributed by atoms with van der Waals surface area (Å²) in [6.45, 7) is 1.14. The summed E-state index contributed by atoms with van der Waals surface area (Å²) in [7, 11) is 0. The van der Waals surface area contributed by atoms with Gasteiger partial charge >= 0.3 is 0 Å². The van der Waals surface area contributed by atoms with Crippen LogP contribution in [0.4, 0.5) is 5.13 Å². The van der Waals surface area contributed by atoms with Gasteiger partial charge in [-0.05, 0) is 42.4 Å². The molecule has 6 heteroatoms. The van der Waals surface area contributed by atoms with Crippen LogP contribution in [0.1, 0.15) is 29.8 Å². The maximum Gasteiger partial charge on any atom is 0.205 e. The van der Waals surface area contributed by atoms with Crippen molar-refractivity contribution in [1.82, 2.24) is 10.2 Å². The Hall–Kier alpha value is -1.17. The van der Waals surface area contributed by atoms with E-state index in [0.717, 1.165) is 34.5 Å². The second-order valence-electron chi connectivity index (χ2n) is 5.63. The molecule has 1 heterocycles. The van der Waals surface area contributed by atoms with Crippen molar-refractivity contribution in [2.75, 3.05) is 18.5 Å². The molecule has 2 aromatic rings. The summed E-state index contributed by atoms with van der Waals surface area (Å²) >= 11 is 7.47. The highest BCUT2D eigenvalue weighted by molar-refractivity contribution is 7.15. The van der Waals surface area contributed by atoms with E-state index in [1.165, 1.54) is 18.4 Å². The molecule has 0 amide bonds. The number of nitrogens with one attached hydrogen (secondary N) is 1. The highest BCUT2D eigenvalue weighted by Crippen LogP contribution is 2.48. The Morgan fingerprint density at radius 1 is 1.24 bits per heavy atom. The Labute approximate surface area is 133 Å². The average Bonchev–Trinajstić information content (AvgIpc) is 3.10. The van der Waals surface area contributed by atoms with Crippen LogP contribution >= 0.6 is 22.9 Å². The van der Waals surface area contributed by atoms with Crippen LogP contribution < -0.4 is 5.32 Å². The highest BCUT2D eigenvalue weighted by atomic mass is 35.5. The number of aliphatic hydroxyl groups excluding tert-OH is 1. The number of benzene rings is 1. The number of aromatic nitrogens is 2. The summed E-state index contributed by atoms with van der Waals surface area (Å²) in [5.74, 6) is 0. The van der Waals surface area contributed by atoms with Gasteiger partial charge in [0, 0.05) is 24.6 Å². The third-order valence-electron chi connectivity index (χ3n) is 3.95. The summed E-state index contributed by atoms with van der Waals surface area (Å²) < 4.78 is 0. The fourth-order valence-electron chi connectivity index (χ4n) is 2.37. The molecule has 1 aromatic carbocycles. The fraction of sp³-hybridized carbons (Fsp3) is 0.467. The minimum absolute atomic E-state index is 0.264. The lowest BCUT2D eigenvalue weighted by Gasteiger charge is -2.13. The molecule has 1 saturated carbocycles. The molecule has 3 rings (SSSR count). The van der Waals surface area contributed by atoms with E-state index in [-0.39, 0.29) is 12.0 Å². The Morgan fingerprint density at radius 2 is 2.00 bits per heavy atom. The van der Waals surface area contributed by atoms with Gasteiger partial charge in [0.25, 0.3) is 0 Å². The number of nitrogens with zero attached hydrogens (tertiary/aromatic N) is 2. The first-order chi connectivity index (χ1) is 10.2. The molecule has 0 radical (unpaired) electrons. The zero-order chi connectivity index (χ0) is 14.7. The molecule has 4 nitrogen and oxygen atoms in total. The number of aliphatic hydroxyl groups is 1. The number of halogens is 1. The summed E-state index contributed by atoms with van der Waals surface area (Å²) in [6, 6.07) is 7.81. The van der Waals surface area contributed by atoms with Crippen molar-refractivity contribution >= 4 is 28.1 Å². The average molecular weight is 324 g/mol. The van der Waals surface area contributed by atoms with Crippen molar-refractivity contribution < 1.29 is 5.11 Å². The van der Waals surface area contributed by atoms with E-state index in [9.17, 15) is 0 Å². The lowest BCUT2D eigenvalue weighted by molar-refractivity contribution is 0.253. The van der Waals surface area contributed by atoms with Crippen molar-refractivity contribution in [2.24, 2.45) is 5.41 Å². The third-order valence-corrected chi connectivity index (χ3v) is 5.08. The van der Waals surface area contributed by atoms with Crippen molar-refractivity contribution in [3.63, 3.8) is 0 Å². The second-order valence-corrected chi connectivity index (χ2v) is 7.13. The monoisotopic (exact) mass is 323 g/mol. The van der Waals surface area contributed by atoms with E-state index in [0.29, 0.717) is 0 Å². The molecule has 21 heavy (non-hydrogen) atoms. The van der Waals surface area contributed by atoms with Gasteiger partial charge in [0.1, 0.15) is 5.01 Å². The van der Waals surface area contributed by atoms with Crippen molar-refractivity contribution in [3.8, 4) is 0 Å². The Kier molecular flexibility index (Phi) is 4.42. The zero-order valence-electron chi connectivity index (χ0n) is 11.7. The normalized spacial score (nSPS) is 15.9. The first kappa shape index (κ1) is 14.8. The van der Waals surface area contributed by atoms with Crippen LogP contribution in [0.5, 0.6) is 0 Å². The topological polar surface area (TPSA) is 58.0 Å². The van der Waals surface area contributed by atoms with E-state index in [2.05, 4.69) is 15.5 Å². The molecule has 0 bridgehead atoms. The van der Waals surface area contributed by atoms with E-state index in [4.69, 9.17) is 16.7 Å². The molecule has 0 unspecified atom stereocenters. The predicted molar refractivity (Wildman–Crippen MR) is 86.0 cm³/mol. The molecule has 1 aliphatic rings. The van der Waals surface area contributed by atoms with Crippen molar-refractivity contribution in [2.45, 2.75) is 25.7 Å². The van der Waals surface area contributed by atoms with Gasteiger partial charge < -0.3 is 10.4 Å². The molecule has 0 saturated heterocycles. The first-order valence-corrected chi connectivity index (χ1v) is 8.30. The zero-order valence-corrected chi connectivity index (χ0v) is 13.3. The van der Waals surface area contributed by atoms with Crippen molar-refractivity contribution in [1.29, 1.82) is 0 Å². The quantitative estimate of drug-likeness (QED) is 0.820. The number of anilines is 1. The smallest absolute Gasteiger partial charge is 0.205 e. The van der Waals surface area contributed by atoms with E-state index < -0.39 is 0 Å². The Morgan fingerprint density at radius 3 is 2.67 bits per heavy atom. The SMILES string of the molecule is OCCC1(CNc2nnc(Cc3ccc(Cl)cc3)s2)CC1. The van der Waals surface area contributed by atoms with Gasteiger partial charge in [-0.15, -0.1) is 10.2 Å². The maximum absolute atomic E-state index is 9.06. The third kappa shape index (κ3) is 3.93. The molecule has 0 aliphatic heterocycles. The predicted octanol–water partition coefficient (Wildman–Crippen LogP) is 3.36. The molecule has 1 aromatic heterocycles. The van der Waals surface area contributed by atoms with Crippen LogP contribution in [-0.4, -0.2) is 28.5 Å². The number of hydrogen-bond acceptors (Lipinski definition) is 5. The van der Waals surface area contributed by atoms with E-state index in [1.54, 1.807) is 11.3 Å². The molecule has 1 fully saturated rings. The van der Waals surface area contributed by atoms with E-state index >= 15 is 0 Å². The second kappa shape index (κ2) is 6.30. The summed E-state index contributed by atoms with van der Waals surface area (Å²) in [6.07, 6.45) is 4.03. The molecule has 1 aliphatic carbocycles. The van der Waals surface area contributed by atoms with Gasteiger partial charge in [-0.25, -0.2) is 0 Å². The maximum atomic E-state index is 9.06. The first-order valence-electron chi connectivity index (χ1n) is 7.11. The molecule has 112 valence electrons. The van der Waals surface area contributed by atoms with Gasteiger partial charge in [0.15, 0.2) is 0 Å². The van der Waals surface area contributed by atoms with Gasteiger partial charge in [0.05, 0.1) is 0 Å². The number of rotatable bonds is 7. The Balaban J connectivity index is 1.55. The van der Waals surface area contributed by atoms with E-state index in [1.807, 2.05) is 24.3 Å². The fourth-order valence-corrected chi connectivity index (χ4v) is 3.26. The lowest BCUT2D eigenvalue weighted by atomic mass is 10.0. The summed E-state index contributed by atoms with van der Waals surface area (Å²) in [4.78, 5) is 0. The van der Waals surface area contributed by atoms with Crippen LogP contribution in [0.2, 0.25) is 5.02 Å². The molecular formula is C15H18ClN3OS. The van der Waals surface area contributed by atoms with Gasteiger partial charge in [-0.2, -0.15) is 0 Å². The van der Waals surface area contributed by atoms with Crippen molar-refractivity contribution in [3.05, 3.63) is 39.9 Å². The number of hydrogen-bond donors (Lipinski definition) is 2. The standard InChI is InChI=1S/C15H18ClN3OS/c16-12-3-1-11(2-4-12)9-13-18-19-14(21-13)17-10-15(5-6-15)7-8-20/h1-4,20H,5-10H2,(H,17,19). The molecule has 0 spiro atoms. The van der Waals surface area contributed by atoms with Crippen LogP contribution in [0.3, 0.4) is 0 Å².